The molecule has 1 aromatic carbocycles. The van der Waals surface area contributed by atoms with Crippen LogP contribution in [0, 0.1) is 5.82 Å². The Morgan fingerprint density at radius 2 is 2.00 bits per heavy atom. The molecule has 1 fully saturated rings. The SMILES string of the molecule is Fc1ccc([C@@H](c2ccsc2)N2CCNCC2)cc1Cl. The van der Waals surface area contributed by atoms with Crippen LogP contribution in [-0.4, -0.2) is 31.1 Å². The predicted octanol–water partition coefficient (Wildman–Crippen LogP) is 3.54. The quantitative estimate of drug-likeness (QED) is 0.933. The third-order valence-corrected chi connectivity index (χ3v) is 4.63. The van der Waals surface area contributed by atoms with E-state index >= 15 is 0 Å². The Morgan fingerprint density at radius 3 is 2.65 bits per heavy atom. The zero-order chi connectivity index (χ0) is 13.9. The van der Waals surface area contributed by atoms with E-state index in [1.165, 1.54) is 11.6 Å². The summed E-state index contributed by atoms with van der Waals surface area (Å²) >= 11 is 7.64. The van der Waals surface area contributed by atoms with Crippen molar-refractivity contribution in [3.8, 4) is 0 Å². The number of thiophene rings is 1. The Morgan fingerprint density at radius 1 is 1.20 bits per heavy atom. The van der Waals surface area contributed by atoms with E-state index in [2.05, 4.69) is 27.0 Å². The lowest BCUT2D eigenvalue weighted by molar-refractivity contribution is 0.198. The summed E-state index contributed by atoms with van der Waals surface area (Å²) in [7, 11) is 0. The second-order valence-electron chi connectivity index (χ2n) is 4.92. The van der Waals surface area contributed by atoms with Gasteiger partial charge in [0.2, 0.25) is 0 Å². The van der Waals surface area contributed by atoms with Gasteiger partial charge in [-0.25, -0.2) is 4.39 Å². The van der Waals surface area contributed by atoms with Gasteiger partial charge in [0.05, 0.1) is 11.1 Å². The van der Waals surface area contributed by atoms with E-state index in [9.17, 15) is 4.39 Å². The van der Waals surface area contributed by atoms with Crippen LogP contribution in [0.15, 0.2) is 35.0 Å². The van der Waals surface area contributed by atoms with E-state index in [1.54, 1.807) is 17.4 Å². The Balaban J connectivity index is 1.98. The molecule has 2 heterocycles. The normalized spacial score (nSPS) is 18.1. The van der Waals surface area contributed by atoms with Crippen LogP contribution in [0.4, 0.5) is 4.39 Å². The van der Waals surface area contributed by atoms with Gasteiger partial charge in [-0.05, 0) is 40.1 Å². The number of hydrogen-bond donors (Lipinski definition) is 1. The molecule has 1 aliphatic heterocycles. The predicted molar refractivity (Wildman–Crippen MR) is 82.0 cm³/mol. The maximum absolute atomic E-state index is 13.4. The van der Waals surface area contributed by atoms with E-state index in [0.717, 1.165) is 31.7 Å². The van der Waals surface area contributed by atoms with Crippen molar-refractivity contribution < 1.29 is 4.39 Å². The monoisotopic (exact) mass is 310 g/mol. The molecule has 5 heteroatoms. The zero-order valence-corrected chi connectivity index (χ0v) is 12.6. The zero-order valence-electron chi connectivity index (χ0n) is 11.0. The van der Waals surface area contributed by atoms with Crippen molar-refractivity contribution in [3.05, 3.63) is 57.0 Å². The molecule has 2 nitrogen and oxygen atoms in total. The summed E-state index contributed by atoms with van der Waals surface area (Å²) in [5.74, 6) is -0.361. The minimum atomic E-state index is -0.361. The van der Waals surface area contributed by atoms with Gasteiger partial charge >= 0.3 is 0 Å². The van der Waals surface area contributed by atoms with Gasteiger partial charge in [-0.1, -0.05) is 17.7 Å². The van der Waals surface area contributed by atoms with Gasteiger partial charge < -0.3 is 5.32 Å². The lowest BCUT2D eigenvalue weighted by Gasteiger charge is -2.35. The van der Waals surface area contributed by atoms with Gasteiger partial charge in [0.25, 0.3) is 0 Å². The molecule has 2 aromatic rings. The molecule has 0 aliphatic carbocycles. The fraction of sp³-hybridized carbons (Fsp3) is 0.333. The molecular formula is C15H16ClFN2S. The van der Waals surface area contributed by atoms with Crippen molar-refractivity contribution in [2.45, 2.75) is 6.04 Å². The first-order chi connectivity index (χ1) is 9.75. The lowest BCUT2D eigenvalue weighted by Crippen LogP contribution is -2.45. The van der Waals surface area contributed by atoms with Gasteiger partial charge in [-0.2, -0.15) is 11.3 Å². The van der Waals surface area contributed by atoms with Crippen LogP contribution in [0.5, 0.6) is 0 Å². The number of piperazine rings is 1. The van der Waals surface area contributed by atoms with Crippen LogP contribution in [0.1, 0.15) is 17.2 Å². The van der Waals surface area contributed by atoms with Crippen LogP contribution in [0.25, 0.3) is 0 Å². The van der Waals surface area contributed by atoms with Crippen LogP contribution >= 0.6 is 22.9 Å². The largest absolute Gasteiger partial charge is 0.314 e. The van der Waals surface area contributed by atoms with Gasteiger partial charge in [0.1, 0.15) is 5.82 Å². The molecule has 0 radical (unpaired) electrons. The molecule has 0 saturated carbocycles. The maximum Gasteiger partial charge on any atom is 0.141 e. The van der Waals surface area contributed by atoms with Gasteiger partial charge in [-0.15, -0.1) is 0 Å². The summed E-state index contributed by atoms with van der Waals surface area (Å²) in [5, 5.41) is 7.79. The number of nitrogens with one attached hydrogen (secondary N) is 1. The minimum Gasteiger partial charge on any atom is -0.314 e. The molecule has 0 unspecified atom stereocenters. The Bertz CT molecular complexity index is 567. The molecule has 1 aliphatic rings. The number of halogens is 2. The Hall–Kier alpha value is -0.940. The van der Waals surface area contributed by atoms with E-state index in [0.29, 0.717) is 0 Å². The number of rotatable bonds is 3. The molecule has 20 heavy (non-hydrogen) atoms. The van der Waals surface area contributed by atoms with Gasteiger partial charge in [0, 0.05) is 26.2 Å². The number of hydrogen-bond acceptors (Lipinski definition) is 3. The number of benzene rings is 1. The topological polar surface area (TPSA) is 15.3 Å². The smallest absolute Gasteiger partial charge is 0.141 e. The first-order valence-corrected chi connectivity index (χ1v) is 7.99. The highest BCUT2D eigenvalue weighted by Gasteiger charge is 2.24. The molecular weight excluding hydrogens is 295 g/mol. The average molecular weight is 311 g/mol. The Labute approximate surface area is 127 Å². The molecule has 0 amide bonds. The standard InChI is InChI=1S/C15H16ClFN2S/c16-13-9-11(1-2-14(13)17)15(12-3-8-20-10-12)19-6-4-18-5-7-19/h1-3,8-10,15,18H,4-7H2/t15-/m0/s1. The van der Waals surface area contributed by atoms with Crippen molar-refractivity contribution in [1.29, 1.82) is 0 Å². The van der Waals surface area contributed by atoms with Crippen molar-refractivity contribution in [3.63, 3.8) is 0 Å². The highest BCUT2D eigenvalue weighted by Crippen LogP contribution is 2.32. The van der Waals surface area contributed by atoms with Crippen LogP contribution in [0.3, 0.4) is 0 Å². The highest BCUT2D eigenvalue weighted by molar-refractivity contribution is 7.08. The van der Waals surface area contributed by atoms with Gasteiger partial charge in [-0.3, -0.25) is 4.90 Å². The van der Waals surface area contributed by atoms with E-state index < -0.39 is 0 Å². The fourth-order valence-electron chi connectivity index (χ4n) is 2.67. The molecule has 3 rings (SSSR count). The third kappa shape index (κ3) is 2.88. The van der Waals surface area contributed by atoms with Crippen LogP contribution < -0.4 is 5.32 Å². The van der Waals surface area contributed by atoms with Crippen molar-refractivity contribution >= 4 is 22.9 Å². The van der Waals surface area contributed by atoms with Crippen LogP contribution in [0.2, 0.25) is 5.02 Å². The first-order valence-electron chi connectivity index (χ1n) is 6.67. The maximum atomic E-state index is 13.4. The summed E-state index contributed by atoms with van der Waals surface area (Å²) in [4.78, 5) is 2.42. The second-order valence-corrected chi connectivity index (χ2v) is 6.11. The van der Waals surface area contributed by atoms with Gasteiger partial charge in [0.15, 0.2) is 0 Å². The molecule has 1 atom stereocenters. The molecule has 106 valence electrons. The van der Waals surface area contributed by atoms with E-state index in [1.807, 2.05) is 6.07 Å². The highest BCUT2D eigenvalue weighted by atomic mass is 35.5. The molecule has 1 saturated heterocycles. The van der Waals surface area contributed by atoms with Crippen LogP contribution in [-0.2, 0) is 0 Å². The molecule has 1 N–H and O–H groups in total. The van der Waals surface area contributed by atoms with E-state index in [-0.39, 0.29) is 16.9 Å². The van der Waals surface area contributed by atoms with Crippen molar-refractivity contribution in [1.82, 2.24) is 10.2 Å². The molecule has 0 spiro atoms. The third-order valence-electron chi connectivity index (χ3n) is 3.64. The summed E-state index contributed by atoms with van der Waals surface area (Å²) in [5.41, 5.74) is 2.30. The summed E-state index contributed by atoms with van der Waals surface area (Å²) in [6.45, 7) is 3.93. The van der Waals surface area contributed by atoms with E-state index in [4.69, 9.17) is 11.6 Å². The lowest BCUT2D eigenvalue weighted by atomic mass is 9.99. The molecule has 1 aromatic heterocycles. The first kappa shape index (κ1) is 14.0. The number of nitrogens with zero attached hydrogens (tertiary/aromatic N) is 1. The minimum absolute atomic E-state index is 0.154. The average Bonchev–Trinajstić information content (AvgIpc) is 2.98. The second kappa shape index (κ2) is 6.22. The Kier molecular flexibility index (Phi) is 4.36. The summed E-state index contributed by atoms with van der Waals surface area (Å²) < 4.78 is 13.4. The summed E-state index contributed by atoms with van der Waals surface area (Å²) in [6.07, 6.45) is 0. The molecule has 0 bridgehead atoms. The van der Waals surface area contributed by atoms with Crippen molar-refractivity contribution in [2.24, 2.45) is 0 Å². The fourth-order valence-corrected chi connectivity index (χ4v) is 3.54. The van der Waals surface area contributed by atoms with Crippen molar-refractivity contribution in [2.75, 3.05) is 26.2 Å². The summed E-state index contributed by atoms with van der Waals surface area (Å²) in [6, 6.07) is 7.34.